The standard InChI is InChI=1S/C32H31N4O2S/c1-20-8-6-7-9-25(20)30-13-12-29(39-30)22(3)34-28-16-21(2)33-27-11-10-23(17-26(27)28)24-14-15-36(31(37)18-24)19-32(38)35(4)5/h6-18,22H,1,19H2,2-5H3,(H,33,34)/t22-/m1/s1. The van der Waals surface area contributed by atoms with E-state index in [9.17, 15) is 9.59 Å². The van der Waals surface area contributed by atoms with Crippen LogP contribution in [-0.4, -0.2) is 34.5 Å². The molecule has 1 N–H and O–H groups in total. The molecule has 5 aromatic rings. The number of anilines is 1. The molecule has 6 nitrogen and oxygen atoms in total. The molecule has 1 atom stereocenters. The van der Waals surface area contributed by atoms with Gasteiger partial charge in [0.05, 0.1) is 11.6 Å². The normalized spacial score (nSPS) is 11.9. The van der Waals surface area contributed by atoms with Crippen molar-refractivity contribution >= 4 is 33.8 Å². The number of aromatic nitrogens is 2. The van der Waals surface area contributed by atoms with Gasteiger partial charge in [0, 0.05) is 52.9 Å². The lowest BCUT2D eigenvalue weighted by molar-refractivity contribution is -0.129. The molecule has 3 aromatic heterocycles. The highest BCUT2D eigenvalue weighted by atomic mass is 32.1. The SMILES string of the molecule is [CH2]c1ccccc1-c1ccc([C@@H](C)Nc2cc(C)nc3ccc(-c4ccn(CC(=O)N(C)C)c(=O)c4)cc23)s1. The molecular weight excluding hydrogens is 504 g/mol. The summed E-state index contributed by atoms with van der Waals surface area (Å²) in [6.45, 7) is 8.34. The fraction of sp³-hybridized carbons (Fsp3) is 0.188. The molecule has 0 aliphatic carbocycles. The third-order valence-electron chi connectivity index (χ3n) is 6.78. The van der Waals surface area contributed by atoms with Gasteiger partial charge in [0.1, 0.15) is 6.54 Å². The van der Waals surface area contributed by atoms with Gasteiger partial charge in [0.15, 0.2) is 0 Å². The van der Waals surface area contributed by atoms with Crippen molar-refractivity contribution < 1.29 is 4.79 Å². The Bertz CT molecular complexity index is 1730. The molecule has 0 aliphatic rings. The second kappa shape index (κ2) is 10.9. The maximum atomic E-state index is 12.7. The van der Waals surface area contributed by atoms with Gasteiger partial charge in [-0.15, -0.1) is 11.3 Å². The second-order valence-corrected chi connectivity index (χ2v) is 11.1. The number of fused-ring (bicyclic) bond motifs is 1. The zero-order valence-electron chi connectivity index (χ0n) is 22.6. The number of hydrogen-bond acceptors (Lipinski definition) is 5. The molecule has 39 heavy (non-hydrogen) atoms. The molecule has 0 bridgehead atoms. The molecule has 1 radical (unpaired) electrons. The van der Waals surface area contributed by atoms with Crippen molar-refractivity contribution in [3.8, 4) is 21.6 Å². The summed E-state index contributed by atoms with van der Waals surface area (Å²) in [5, 5.41) is 4.68. The predicted octanol–water partition coefficient (Wildman–Crippen LogP) is 6.54. The van der Waals surface area contributed by atoms with E-state index in [1.807, 2.05) is 43.3 Å². The maximum absolute atomic E-state index is 12.7. The zero-order chi connectivity index (χ0) is 27.7. The lowest BCUT2D eigenvalue weighted by Crippen LogP contribution is -2.31. The number of benzene rings is 2. The van der Waals surface area contributed by atoms with Crippen molar-refractivity contribution in [2.24, 2.45) is 0 Å². The number of pyridine rings is 2. The van der Waals surface area contributed by atoms with E-state index in [0.717, 1.165) is 44.5 Å². The first-order valence-corrected chi connectivity index (χ1v) is 13.6. The van der Waals surface area contributed by atoms with Crippen LogP contribution in [-0.2, 0) is 11.3 Å². The van der Waals surface area contributed by atoms with Crippen LogP contribution in [0, 0.1) is 13.8 Å². The van der Waals surface area contributed by atoms with Gasteiger partial charge in [-0.25, -0.2) is 0 Å². The predicted molar refractivity (Wildman–Crippen MR) is 161 cm³/mol. The highest BCUT2D eigenvalue weighted by molar-refractivity contribution is 7.15. The molecular formula is C32H31N4O2S. The maximum Gasteiger partial charge on any atom is 0.251 e. The van der Waals surface area contributed by atoms with E-state index in [-0.39, 0.29) is 24.1 Å². The van der Waals surface area contributed by atoms with Crippen molar-refractivity contribution in [1.29, 1.82) is 0 Å². The van der Waals surface area contributed by atoms with E-state index in [0.29, 0.717) is 0 Å². The largest absolute Gasteiger partial charge is 0.377 e. The van der Waals surface area contributed by atoms with Crippen molar-refractivity contribution in [1.82, 2.24) is 14.5 Å². The van der Waals surface area contributed by atoms with Crippen LogP contribution in [0.4, 0.5) is 5.69 Å². The van der Waals surface area contributed by atoms with E-state index < -0.39 is 0 Å². The Morgan fingerprint density at radius 3 is 2.56 bits per heavy atom. The monoisotopic (exact) mass is 535 g/mol. The Labute approximate surface area is 232 Å². The Hall–Kier alpha value is -4.23. The van der Waals surface area contributed by atoms with E-state index >= 15 is 0 Å². The van der Waals surface area contributed by atoms with E-state index in [2.05, 4.69) is 49.5 Å². The Kier molecular flexibility index (Phi) is 7.35. The molecule has 0 fully saturated rings. The van der Waals surface area contributed by atoms with Crippen LogP contribution in [0.15, 0.2) is 83.8 Å². The van der Waals surface area contributed by atoms with Crippen molar-refractivity contribution in [3.05, 3.63) is 112 Å². The van der Waals surface area contributed by atoms with Crippen LogP contribution in [0.3, 0.4) is 0 Å². The van der Waals surface area contributed by atoms with Crippen LogP contribution in [0.5, 0.6) is 0 Å². The molecule has 7 heteroatoms. The van der Waals surface area contributed by atoms with Gasteiger partial charge in [-0.1, -0.05) is 30.3 Å². The van der Waals surface area contributed by atoms with Crippen molar-refractivity contribution in [3.63, 3.8) is 0 Å². The van der Waals surface area contributed by atoms with Crippen LogP contribution < -0.4 is 10.9 Å². The summed E-state index contributed by atoms with van der Waals surface area (Å²) in [5.74, 6) is -0.129. The van der Waals surface area contributed by atoms with Gasteiger partial charge >= 0.3 is 0 Å². The van der Waals surface area contributed by atoms with Gasteiger partial charge in [-0.3, -0.25) is 14.6 Å². The van der Waals surface area contributed by atoms with Gasteiger partial charge in [-0.05, 0) is 79.4 Å². The number of carbonyl (C=O) groups excluding carboxylic acids is 1. The third kappa shape index (κ3) is 5.64. The molecule has 0 unspecified atom stereocenters. The molecule has 1 amide bonds. The summed E-state index contributed by atoms with van der Waals surface area (Å²) in [5.41, 5.74) is 6.48. The van der Waals surface area contributed by atoms with E-state index in [1.165, 1.54) is 19.2 Å². The number of thiophene rings is 1. The molecule has 5 rings (SSSR count). The summed E-state index contributed by atoms with van der Waals surface area (Å²) >= 11 is 1.76. The van der Waals surface area contributed by atoms with Gasteiger partial charge in [-0.2, -0.15) is 0 Å². The lowest BCUT2D eigenvalue weighted by Gasteiger charge is -2.17. The third-order valence-corrected chi connectivity index (χ3v) is 8.08. The molecule has 0 aliphatic heterocycles. The van der Waals surface area contributed by atoms with Gasteiger partial charge in [0.25, 0.3) is 5.56 Å². The lowest BCUT2D eigenvalue weighted by atomic mass is 10.0. The minimum atomic E-state index is -0.214. The minimum Gasteiger partial charge on any atom is -0.377 e. The number of aryl methyl sites for hydroxylation is 1. The molecule has 0 saturated carbocycles. The summed E-state index contributed by atoms with van der Waals surface area (Å²) in [6, 6.07) is 24.1. The summed E-state index contributed by atoms with van der Waals surface area (Å²) in [6.07, 6.45) is 1.68. The Morgan fingerprint density at radius 1 is 1.05 bits per heavy atom. The highest BCUT2D eigenvalue weighted by Crippen LogP contribution is 2.36. The number of carbonyl (C=O) groups is 1. The smallest absolute Gasteiger partial charge is 0.251 e. The number of amides is 1. The average Bonchev–Trinajstić information content (AvgIpc) is 3.40. The number of likely N-dealkylation sites (N-methyl/N-ethyl adjacent to an activating group) is 1. The number of hydrogen-bond donors (Lipinski definition) is 1. The van der Waals surface area contributed by atoms with Crippen molar-refractivity contribution in [2.45, 2.75) is 26.4 Å². The summed E-state index contributed by atoms with van der Waals surface area (Å²) in [7, 11) is 3.36. The number of nitrogens with one attached hydrogen (secondary N) is 1. The number of nitrogens with zero attached hydrogens (tertiary/aromatic N) is 3. The average molecular weight is 536 g/mol. The summed E-state index contributed by atoms with van der Waals surface area (Å²) < 4.78 is 1.43. The Morgan fingerprint density at radius 2 is 1.82 bits per heavy atom. The van der Waals surface area contributed by atoms with Crippen LogP contribution in [0.2, 0.25) is 0 Å². The second-order valence-electron chi connectivity index (χ2n) is 9.94. The fourth-order valence-corrected chi connectivity index (χ4v) is 5.63. The summed E-state index contributed by atoms with van der Waals surface area (Å²) in [4.78, 5) is 33.4. The molecule has 197 valence electrons. The van der Waals surface area contributed by atoms with E-state index in [4.69, 9.17) is 4.98 Å². The number of rotatable bonds is 7. The first kappa shape index (κ1) is 26.4. The van der Waals surface area contributed by atoms with Gasteiger partial charge in [0.2, 0.25) is 5.91 Å². The molecule has 3 heterocycles. The molecule has 0 saturated heterocycles. The Balaban J connectivity index is 1.45. The zero-order valence-corrected chi connectivity index (χ0v) is 23.4. The van der Waals surface area contributed by atoms with Crippen molar-refractivity contribution in [2.75, 3.05) is 19.4 Å². The van der Waals surface area contributed by atoms with Crippen LogP contribution in [0.1, 0.15) is 29.1 Å². The van der Waals surface area contributed by atoms with Crippen LogP contribution >= 0.6 is 11.3 Å². The van der Waals surface area contributed by atoms with Crippen LogP contribution in [0.25, 0.3) is 32.5 Å². The fourth-order valence-electron chi connectivity index (χ4n) is 4.56. The molecule has 0 spiro atoms. The topological polar surface area (TPSA) is 67.2 Å². The minimum absolute atomic E-state index is 0.0176. The first-order chi connectivity index (χ1) is 18.7. The van der Waals surface area contributed by atoms with E-state index in [1.54, 1.807) is 37.7 Å². The first-order valence-electron chi connectivity index (χ1n) is 12.8. The van der Waals surface area contributed by atoms with Gasteiger partial charge < -0.3 is 14.8 Å². The quantitative estimate of drug-likeness (QED) is 0.257. The highest BCUT2D eigenvalue weighted by Gasteiger charge is 2.14. The molecule has 2 aromatic carbocycles.